The third-order valence-electron chi connectivity index (χ3n) is 7.52. The van der Waals surface area contributed by atoms with Crippen LogP contribution in [0.5, 0.6) is 0 Å². The fraction of sp³-hybridized carbons (Fsp3) is 0.0270. The first-order chi connectivity index (χ1) is 19.8. The molecular weight excluding hydrogens is 488 g/mol. The highest BCUT2D eigenvalue weighted by Gasteiger charge is 2.29. The fourth-order valence-electron chi connectivity index (χ4n) is 5.69. The van der Waals surface area contributed by atoms with Crippen molar-refractivity contribution in [2.75, 3.05) is 9.80 Å². The summed E-state index contributed by atoms with van der Waals surface area (Å²) in [7, 11) is 0. The normalized spacial score (nSPS) is 12.0. The van der Waals surface area contributed by atoms with Crippen LogP contribution in [0.4, 0.5) is 34.1 Å². The molecule has 0 amide bonds. The molecule has 0 bridgehead atoms. The van der Waals surface area contributed by atoms with E-state index in [1.807, 2.05) is 24.3 Å². The van der Waals surface area contributed by atoms with E-state index in [0.29, 0.717) is 0 Å². The summed E-state index contributed by atoms with van der Waals surface area (Å²) < 4.78 is 0. The summed E-state index contributed by atoms with van der Waals surface area (Å²) in [6.45, 7) is 0. The molecule has 0 aliphatic heterocycles. The summed E-state index contributed by atoms with van der Waals surface area (Å²) in [6, 6.07) is 54.3. The van der Waals surface area contributed by atoms with E-state index < -0.39 is 6.10 Å². The van der Waals surface area contributed by atoms with Crippen LogP contribution in [0.15, 0.2) is 158 Å². The Bertz CT molecular complexity index is 1540. The van der Waals surface area contributed by atoms with Crippen LogP contribution in [0.1, 0.15) is 17.2 Å². The van der Waals surface area contributed by atoms with Gasteiger partial charge in [0.05, 0.1) is 0 Å². The van der Waals surface area contributed by atoms with Crippen LogP contribution >= 0.6 is 0 Å². The number of nitrogens with zero attached hydrogens (tertiary/aromatic N) is 2. The first-order valence-electron chi connectivity index (χ1n) is 13.5. The van der Waals surface area contributed by atoms with E-state index in [-0.39, 0.29) is 0 Å². The second kappa shape index (κ2) is 10.2. The summed E-state index contributed by atoms with van der Waals surface area (Å²) in [4.78, 5) is 4.46. The summed E-state index contributed by atoms with van der Waals surface area (Å²) in [6.07, 6.45) is -0.716. The zero-order valence-electron chi connectivity index (χ0n) is 21.9. The molecule has 3 heteroatoms. The SMILES string of the molecule is OC1c2cc(N(c3ccccc3)c3ccccc3)ccc2-c2ccc(N(c3ccccc3)c3ccccc3)cc21. The number of fused-ring (bicyclic) bond motifs is 3. The second-order valence-corrected chi connectivity index (χ2v) is 9.96. The van der Waals surface area contributed by atoms with E-state index in [1.165, 1.54) is 0 Å². The summed E-state index contributed by atoms with van der Waals surface area (Å²) in [5.41, 5.74) is 10.3. The molecule has 192 valence electrons. The molecule has 1 aliphatic carbocycles. The van der Waals surface area contributed by atoms with Gasteiger partial charge in [0, 0.05) is 34.1 Å². The van der Waals surface area contributed by atoms with Crippen LogP contribution in [-0.2, 0) is 0 Å². The van der Waals surface area contributed by atoms with Crippen molar-refractivity contribution in [2.45, 2.75) is 6.10 Å². The van der Waals surface area contributed by atoms with Crippen molar-refractivity contribution in [2.24, 2.45) is 0 Å². The van der Waals surface area contributed by atoms with Gasteiger partial charge in [-0.05, 0) is 95.1 Å². The van der Waals surface area contributed by atoms with Crippen molar-refractivity contribution in [1.29, 1.82) is 0 Å². The van der Waals surface area contributed by atoms with Crippen LogP contribution in [0.25, 0.3) is 11.1 Å². The van der Waals surface area contributed by atoms with Gasteiger partial charge in [0.1, 0.15) is 6.10 Å². The van der Waals surface area contributed by atoms with E-state index >= 15 is 0 Å². The van der Waals surface area contributed by atoms with Gasteiger partial charge in [0.25, 0.3) is 0 Å². The van der Waals surface area contributed by atoms with E-state index in [4.69, 9.17) is 0 Å². The summed E-state index contributed by atoms with van der Waals surface area (Å²) in [5.74, 6) is 0. The van der Waals surface area contributed by atoms with Crippen molar-refractivity contribution in [3.8, 4) is 11.1 Å². The largest absolute Gasteiger partial charge is 0.384 e. The van der Waals surface area contributed by atoms with Crippen LogP contribution in [0, 0.1) is 0 Å². The molecule has 40 heavy (non-hydrogen) atoms. The second-order valence-electron chi connectivity index (χ2n) is 9.96. The Morgan fingerprint density at radius 3 is 0.950 bits per heavy atom. The standard InChI is InChI=1S/C37H28N2O/c40-37-35-25-31(38(27-13-5-1-6-14-27)28-15-7-2-8-16-28)21-23-33(35)34-24-22-32(26-36(34)37)39(29-17-9-3-10-18-29)30-19-11-4-12-20-30/h1-26,37,40H. The Labute approximate surface area is 234 Å². The number of para-hydroxylation sites is 4. The van der Waals surface area contributed by atoms with Gasteiger partial charge in [-0.15, -0.1) is 0 Å². The average molecular weight is 517 g/mol. The molecule has 3 nitrogen and oxygen atoms in total. The lowest BCUT2D eigenvalue weighted by Gasteiger charge is -2.26. The Morgan fingerprint density at radius 2 is 0.650 bits per heavy atom. The molecule has 0 radical (unpaired) electrons. The van der Waals surface area contributed by atoms with Gasteiger partial charge in [-0.3, -0.25) is 0 Å². The van der Waals surface area contributed by atoms with Gasteiger partial charge in [0.2, 0.25) is 0 Å². The molecule has 1 aliphatic rings. The highest BCUT2D eigenvalue weighted by atomic mass is 16.3. The number of aliphatic hydroxyl groups excluding tert-OH is 1. The smallest absolute Gasteiger partial charge is 0.105 e. The Balaban J connectivity index is 1.31. The maximum Gasteiger partial charge on any atom is 0.105 e. The molecule has 0 heterocycles. The Kier molecular flexibility index (Phi) is 6.12. The molecule has 6 aromatic carbocycles. The van der Waals surface area contributed by atoms with E-state index in [9.17, 15) is 5.11 Å². The lowest BCUT2D eigenvalue weighted by atomic mass is 10.0. The molecule has 0 atom stereocenters. The van der Waals surface area contributed by atoms with Crippen LogP contribution in [-0.4, -0.2) is 5.11 Å². The number of aliphatic hydroxyl groups is 1. The van der Waals surface area contributed by atoms with Crippen molar-refractivity contribution < 1.29 is 5.11 Å². The predicted octanol–water partition coefficient (Wildman–Crippen LogP) is 9.69. The monoisotopic (exact) mass is 516 g/mol. The van der Waals surface area contributed by atoms with E-state index in [2.05, 4.69) is 143 Å². The minimum absolute atomic E-state index is 0.716. The molecule has 6 aromatic rings. The van der Waals surface area contributed by atoms with Crippen molar-refractivity contribution >= 4 is 34.1 Å². The number of hydrogen-bond donors (Lipinski definition) is 1. The molecule has 0 unspecified atom stereocenters. The van der Waals surface area contributed by atoms with Crippen LogP contribution in [0.2, 0.25) is 0 Å². The molecule has 0 fully saturated rings. The number of anilines is 6. The van der Waals surface area contributed by atoms with Gasteiger partial charge in [-0.25, -0.2) is 0 Å². The minimum atomic E-state index is -0.716. The van der Waals surface area contributed by atoms with Gasteiger partial charge in [-0.1, -0.05) is 84.9 Å². The van der Waals surface area contributed by atoms with Gasteiger partial charge in [-0.2, -0.15) is 0 Å². The van der Waals surface area contributed by atoms with Gasteiger partial charge in [0.15, 0.2) is 0 Å². The highest BCUT2D eigenvalue weighted by molar-refractivity contribution is 5.86. The first-order valence-corrected chi connectivity index (χ1v) is 13.5. The molecule has 7 rings (SSSR count). The third-order valence-corrected chi connectivity index (χ3v) is 7.52. The number of benzene rings is 6. The molecule has 0 spiro atoms. The Hall–Kier alpha value is -5.12. The summed E-state index contributed by atoms with van der Waals surface area (Å²) in [5, 5.41) is 11.7. The maximum atomic E-state index is 11.7. The molecule has 0 saturated heterocycles. The van der Waals surface area contributed by atoms with Gasteiger partial charge < -0.3 is 14.9 Å². The maximum absolute atomic E-state index is 11.7. The molecular formula is C37H28N2O. The topological polar surface area (TPSA) is 26.7 Å². The molecule has 0 saturated carbocycles. The summed E-state index contributed by atoms with van der Waals surface area (Å²) >= 11 is 0. The fourth-order valence-corrected chi connectivity index (χ4v) is 5.69. The molecule has 1 N–H and O–H groups in total. The highest BCUT2D eigenvalue weighted by Crippen LogP contribution is 2.48. The predicted molar refractivity (Wildman–Crippen MR) is 165 cm³/mol. The average Bonchev–Trinajstić information content (AvgIpc) is 3.30. The third kappa shape index (κ3) is 4.23. The Morgan fingerprint density at radius 1 is 0.350 bits per heavy atom. The zero-order chi connectivity index (χ0) is 26.9. The van der Waals surface area contributed by atoms with Gasteiger partial charge >= 0.3 is 0 Å². The molecule has 0 aromatic heterocycles. The number of hydrogen-bond acceptors (Lipinski definition) is 3. The first kappa shape index (κ1) is 24.0. The minimum Gasteiger partial charge on any atom is -0.384 e. The number of rotatable bonds is 6. The van der Waals surface area contributed by atoms with Crippen LogP contribution in [0.3, 0.4) is 0 Å². The lowest BCUT2D eigenvalue weighted by molar-refractivity contribution is 0.225. The van der Waals surface area contributed by atoms with Crippen molar-refractivity contribution in [1.82, 2.24) is 0 Å². The van der Waals surface area contributed by atoms with Crippen molar-refractivity contribution in [3.05, 3.63) is 169 Å². The zero-order valence-corrected chi connectivity index (χ0v) is 21.9. The van der Waals surface area contributed by atoms with E-state index in [1.54, 1.807) is 0 Å². The van der Waals surface area contributed by atoms with E-state index in [0.717, 1.165) is 56.4 Å². The van der Waals surface area contributed by atoms with Crippen LogP contribution < -0.4 is 9.80 Å². The quantitative estimate of drug-likeness (QED) is 0.239. The lowest BCUT2D eigenvalue weighted by Crippen LogP contribution is -2.10. The van der Waals surface area contributed by atoms with Crippen molar-refractivity contribution in [3.63, 3.8) is 0 Å².